The first kappa shape index (κ1) is 13.7. The van der Waals surface area contributed by atoms with Crippen molar-refractivity contribution in [2.45, 2.75) is 0 Å². The van der Waals surface area contributed by atoms with E-state index in [9.17, 15) is 14.9 Å². The van der Waals surface area contributed by atoms with E-state index in [0.29, 0.717) is 22.0 Å². The summed E-state index contributed by atoms with van der Waals surface area (Å²) >= 11 is 2.15. The third-order valence-corrected chi connectivity index (χ3v) is 3.95. The minimum atomic E-state index is -0.471. The Morgan fingerprint density at radius 3 is 2.52 bits per heavy atom. The van der Waals surface area contributed by atoms with Crippen molar-refractivity contribution < 1.29 is 9.72 Å². The third kappa shape index (κ3) is 2.42. The van der Waals surface area contributed by atoms with Crippen molar-refractivity contribution >= 4 is 45.0 Å². The largest absolute Gasteiger partial charge is 0.360 e. The molecule has 0 fully saturated rings. The molecule has 6 heteroatoms. The number of fused-ring (bicyclic) bond motifs is 1. The van der Waals surface area contributed by atoms with Gasteiger partial charge in [-0.25, -0.2) is 0 Å². The Balaban J connectivity index is 2.18. The van der Waals surface area contributed by atoms with E-state index in [1.165, 1.54) is 12.3 Å². The normalized spacial score (nSPS) is 10.7. The van der Waals surface area contributed by atoms with Gasteiger partial charge in [0.15, 0.2) is 5.78 Å². The molecular weight excluding hydrogens is 383 g/mol. The van der Waals surface area contributed by atoms with Gasteiger partial charge in [0.1, 0.15) is 0 Å². The molecule has 104 valence electrons. The summed E-state index contributed by atoms with van der Waals surface area (Å²) in [5.74, 6) is -0.230. The Morgan fingerprint density at radius 1 is 1.14 bits per heavy atom. The van der Waals surface area contributed by atoms with E-state index in [2.05, 4.69) is 27.6 Å². The number of carbonyl (C=O) groups is 1. The van der Waals surface area contributed by atoms with Crippen LogP contribution in [0.1, 0.15) is 15.9 Å². The van der Waals surface area contributed by atoms with Crippen LogP contribution in [0, 0.1) is 13.7 Å². The monoisotopic (exact) mass is 392 g/mol. The lowest BCUT2D eigenvalue weighted by Crippen LogP contribution is -2.01. The zero-order valence-corrected chi connectivity index (χ0v) is 12.8. The maximum Gasteiger partial charge on any atom is 0.279 e. The molecule has 3 aromatic rings. The Hall–Kier alpha value is -2.22. The van der Waals surface area contributed by atoms with Gasteiger partial charge in [-0.3, -0.25) is 14.9 Å². The number of nitrogens with zero attached hydrogens (tertiary/aromatic N) is 1. The predicted octanol–water partition coefficient (Wildman–Crippen LogP) is 3.91. The third-order valence-electron chi connectivity index (χ3n) is 3.23. The molecule has 0 bridgehead atoms. The van der Waals surface area contributed by atoms with Gasteiger partial charge in [-0.05, 0) is 52.9 Å². The number of nitro groups is 1. The van der Waals surface area contributed by atoms with Crippen LogP contribution >= 0.6 is 22.6 Å². The lowest BCUT2D eigenvalue weighted by Gasteiger charge is -2.01. The van der Waals surface area contributed by atoms with E-state index in [0.717, 1.165) is 3.57 Å². The summed E-state index contributed by atoms with van der Waals surface area (Å²) in [7, 11) is 0. The van der Waals surface area contributed by atoms with Crippen LogP contribution in [0.2, 0.25) is 0 Å². The molecule has 1 heterocycles. The number of H-pyrrole nitrogens is 1. The molecule has 2 aromatic carbocycles. The van der Waals surface area contributed by atoms with E-state index in [4.69, 9.17) is 0 Å². The molecule has 0 radical (unpaired) electrons. The lowest BCUT2D eigenvalue weighted by molar-refractivity contribution is -0.383. The summed E-state index contributed by atoms with van der Waals surface area (Å²) in [6.45, 7) is 0. The molecule has 5 nitrogen and oxygen atoms in total. The number of ketones is 1. The van der Waals surface area contributed by atoms with Crippen LogP contribution < -0.4 is 0 Å². The Morgan fingerprint density at radius 2 is 1.86 bits per heavy atom. The molecule has 3 rings (SSSR count). The fraction of sp³-hybridized carbons (Fsp3) is 0. The first-order chi connectivity index (χ1) is 10.1. The highest BCUT2D eigenvalue weighted by atomic mass is 127. The topological polar surface area (TPSA) is 76.0 Å². The number of carbonyl (C=O) groups excluding carboxylic acids is 1. The second kappa shape index (κ2) is 5.28. The minimum Gasteiger partial charge on any atom is -0.360 e. The Labute approximate surface area is 133 Å². The fourth-order valence-corrected chi connectivity index (χ4v) is 2.61. The smallest absolute Gasteiger partial charge is 0.279 e. The molecule has 0 amide bonds. The number of nitrogens with one attached hydrogen (secondary N) is 1. The van der Waals surface area contributed by atoms with Gasteiger partial charge >= 0.3 is 0 Å². The number of halogens is 1. The summed E-state index contributed by atoms with van der Waals surface area (Å²) in [4.78, 5) is 26.2. The number of rotatable bonds is 3. The van der Waals surface area contributed by atoms with Gasteiger partial charge in [-0.15, -0.1) is 0 Å². The SMILES string of the molecule is O=C(c1ccc(I)cc1)c1c[nH]c2cccc([N+](=O)[O-])c12. The number of aromatic nitrogens is 1. The fourth-order valence-electron chi connectivity index (χ4n) is 2.25. The van der Waals surface area contributed by atoms with E-state index in [1.807, 2.05) is 12.1 Å². The van der Waals surface area contributed by atoms with Crippen molar-refractivity contribution in [3.05, 3.63) is 73.5 Å². The molecule has 0 atom stereocenters. The van der Waals surface area contributed by atoms with Gasteiger partial charge in [0.2, 0.25) is 0 Å². The quantitative estimate of drug-likeness (QED) is 0.318. The maximum atomic E-state index is 12.6. The molecule has 1 aromatic heterocycles. The van der Waals surface area contributed by atoms with Crippen molar-refractivity contribution in [2.75, 3.05) is 0 Å². The minimum absolute atomic E-state index is 0.0670. The highest BCUT2D eigenvalue weighted by molar-refractivity contribution is 14.1. The summed E-state index contributed by atoms with van der Waals surface area (Å²) in [6.07, 6.45) is 1.53. The average molecular weight is 392 g/mol. The van der Waals surface area contributed by atoms with Gasteiger partial charge in [0, 0.05) is 21.4 Å². The average Bonchev–Trinajstić information content (AvgIpc) is 2.91. The molecule has 0 unspecified atom stereocenters. The second-order valence-electron chi connectivity index (χ2n) is 4.50. The summed E-state index contributed by atoms with van der Waals surface area (Å²) in [5, 5.41) is 11.5. The Bertz CT molecular complexity index is 853. The molecule has 21 heavy (non-hydrogen) atoms. The number of hydrogen-bond donors (Lipinski definition) is 1. The van der Waals surface area contributed by atoms with Crippen molar-refractivity contribution in [3.8, 4) is 0 Å². The number of non-ortho nitro benzene ring substituents is 1. The molecule has 0 aliphatic carbocycles. The van der Waals surface area contributed by atoms with E-state index in [-0.39, 0.29) is 11.5 Å². The first-order valence-electron chi connectivity index (χ1n) is 6.12. The standard InChI is InChI=1S/C15H9IN2O3/c16-10-6-4-9(5-7-10)15(19)11-8-17-12-2-1-3-13(14(11)12)18(20)21/h1-8,17H. The van der Waals surface area contributed by atoms with E-state index < -0.39 is 4.92 Å². The van der Waals surface area contributed by atoms with Gasteiger partial charge in [-0.1, -0.05) is 6.07 Å². The predicted molar refractivity (Wildman–Crippen MR) is 87.5 cm³/mol. The summed E-state index contributed by atoms with van der Waals surface area (Å²) < 4.78 is 1.02. The number of benzene rings is 2. The maximum absolute atomic E-state index is 12.6. The highest BCUT2D eigenvalue weighted by Crippen LogP contribution is 2.30. The lowest BCUT2D eigenvalue weighted by atomic mass is 10.0. The number of nitro benzene ring substituents is 1. The zero-order chi connectivity index (χ0) is 15.0. The molecule has 1 N–H and O–H groups in total. The molecule has 0 aliphatic heterocycles. The van der Waals surface area contributed by atoms with Crippen molar-refractivity contribution in [2.24, 2.45) is 0 Å². The Kier molecular flexibility index (Phi) is 3.46. The van der Waals surface area contributed by atoms with Crippen LogP contribution in [0.5, 0.6) is 0 Å². The number of hydrogen-bond acceptors (Lipinski definition) is 3. The van der Waals surface area contributed by atoms with Crippen LogP contribution in [0.4, 0.5) is 5.69 Å². The highest BCUT2D eigenvalue weighted by Gasteiger charge is 2.21. The van der Waals surface area contributed by atoms with Crippen LogP contribution in [-0.2, 0) is 0 Å². The first-order valence-corrected chi connectivity index (χ1v) is 7.20. The van der Waals surface area contributed by atoms with Crippen LogP contribution in [0.3, 0.4) is 0 Å². The van der Waals surface area contributed by atoms with Crippen molar-refractivity contribution in [3.63, 3.8) is 0 Å². The molecule has 0 spiro atoms. The zero-order valence-electron chi connectivity index (χ0n) is 10.7. The number of aromatic amines is 1. The van der Waals surface area contributed by atoms with Crippen LogP contribution in [0.25, 0.3) is 10.9 Å². The van der Waals surface area contributed by atoms with Crippen LogP contribution in [0.15, 0.2) is 48.7 Å². The van der Waals surface area contributed by atoms with Crippen LogP contribution in [-0.4, -0.2) is 15.7 Å². The molecule has 0 saturated heterocycles. The van der Waals surface area contributed by atoms with Gasteiger partial charge in [0.05, 0.1) is 21.4 Å². The van der Waals surface area contributed by atoms with Gasteiger partial charge in [0.25, 0.3) is 5.69 Å². The van der Waals surface area contributed by atoms with E-state index in [1.54, 1.807) is 24.3 Å². The van der Waals surface area contributed by atoms with Gasteiger partial charge < -0.3 is 4.98 Å². The van der Waals surface area contributed by atoms with Gasteiger partial charge in [-0.2, -0.15) is 0 Å². The molecule has 0 saturated carbocycles. The molecular formula is C15H9IN2O3. The summed E-state index contributed by atoms with van der Waals surface area (Å²) in [5.41, 5.74) is 1.34. The van der Waals surface area contributed by atoms with Crippen molar-refractivity contribution in [1.29, 1.82) is 0 Å². The molecule has 0 aliphatic rings. The second-order valence-corrected chi connectivity index (χ2v) is 5.74. The van der Waals surface area contributed by atoms with E-state index >= 15 is 0 Å². The summed E-state index contributed by atoms with van der Waals surface area (Å²) in [6, 6.07) is 11.8. The van der Waals surface area contributed by atoms with Crippen molar-refractivity contribution in [1.82, 2.24) is 4.98 Å².